The number of hydrogen-bond acceptors (Lipinski definition) is 5. The second-order valence-corrected chi connectivity index (χ2v) is 2.78. The Morgan fingerprint density at radius 2 is 1.79 bits per heavy atom. The smallest absolute Gasteiger partial charge is 0.319 e. The fourth-order valence-electron chi connectivity index (χ4n) is 1.35. The van der Waals surface area contributed by atoms with Crippen LogP contribution in [-0.2, 0) is 25.4 Å². The van der Waals surface area contributed by atoms with Crippen LogP contribution in [0, 0.1) is 0 Å². The van der Waals surface area contributed by atoms with Crippen molar-refractivity contribution in [3.63, 3.8) is 0 Å². The molecule has 14 heavy (non-hydrogen) atoms. The SMILES string of the molecule is OOOC1(c2ccccc2)OCCO1. The minimum Gasteiger partial charge on any atom is -0.319 e. The molecule has 0 aliphatic carbocycles. The summed E-state index contributed by atoms with van der Waals surface area (Å²) in [6.07, 6.45) is 0. The third kappa shape index (κ3) is 1.63. The van der Waals surface area contributed by atoms with Crippen molar-refractivity contribution in [2.45, 2.75) is 5.97 Å². The van der Waals surface area contributed by atoms with E-state index < -0.39 is 5.97 Å². The zero-order chi connectivity index (χ0) is 9.86. The van der Waals surface area contributed by atoms with Gasteiger partial charge in [0.15, 0.2) is 0 Å². The average Bonchev–Trinajstić information content (AvgIpc) is 2.70. The van der Waals surface area contributed by atoms with Crippen LogP contribution in [0.25, 0.3) is 0 Å². The fraction of sp³-hybridized carbons (Fsp3) is 0.333. The number of benzene rings is 1. The normalized spacial score (nSPS) is 19.8. The summed E-state index contributed by atoms with van der Waals surface area (Å²) in [6, 6.07) is 8.98. The second kappa shape index (κ2) is 4.04. The molecule has 2 rings (SSSR count). The van der Waals surface area contributed by atoms with Crippen LogP contribution in [0.5, 0.6) is 0 Å². The summed E-state index contributed by atoms with van der Waals surface area (Å²) in [4.78, 5) is 4.59. The minimum absolute atomic E-state index is 0.387. The van der Waals surface area contributed by atoms with E-state index in [1.165, 1.54) is 0 Å². The first-order valence-electron chi connectivity index (χ1n) is 4.20. The van der Waals surface area contributed by atoms with Crippen LogP contribution in [0.15, 0.2) is 30.3 Å². The fourth-order valence-corrected chi connectivity index (χ4v) is 1.35. The van der Waals surface area contributed by atoms with Gasteiger partial charge in [-0.25, -0.2) is 5.26 Å². The summed E-state index contributed by atoms with van der Waals surface area (Å²) in [7, 11) is 0. The summed E-state index contributed by atoms with van der Waals surface area (Å²) >= 11 is 0. The van der Waals surface area contributed by atoms with E-state index in [2.05, 4.69) is 9.93 Å². The molecule has 5 nitrogen and oxygen atoms in total. The van der Waals surface area contributed by atoms with E-state index in [-0.39, 0.29) is 0 Å². The molecule has 0 atom stereocenters. The van der Waals surface area contributed by atoms with Gasteiger partial charge in [0.25, 0.3) is 0 Å². The Bertz CT molecular complexity index is 281. The van der Waals surface area contributed by atoms with Gasteiger partial charge in [0.2, 0.25) is 0 Å². The van der Waals surface area contributed by atoms with Gasteiger partial charge in [-0.2, -0.15) is 0 Å². The maximum absolute atomic E-state index is 8.27. The van der Waals surface area contributed by atoms with Gasteiger partial charge in [-0.15, -0.1) is 4.89 Å². The highest BCUT2D eigenvalue weighted by atomic mass is 17.5. The maximum Gasteiger partial charge on any atom is 0.343 e. The van der Waals surface area contributed by atoms with Crippen LogP contribution in [0.3, 0.4) is 0 Å². The molecule has 1 aliphatic rings. The predicted octanol–water partition coefficient (Wildman–Crippen LogP) is 1.26. The van der Waals surface area contributed by atoms with Crippen LogP contribution in [0.2, 0.25) is 0 Å². The lowest BCUT2D eigenvalue weighted by Gasteiger charge is -2.23. The molecule has 0 aromatic heterocycles. The number of ether oxygens (including phenoxy) is 2. The van der Waals surface area contributed by atoms with Crippen LogP contribution < -0.4 is 0 Å². The summed E-state index contributed by atoms with van der Waals surface area (Å²) in [6.45, 7) is 0.774. The molecule has 1 aliphatic heterocycles. The van der Waals surface area contributed by atoms with Crippen molar-refractivity contribution >= 4 is 0 Å². The quantitative estimate of drug-likeness (QED) is 0.585. The Labute approximate surface area is 80.6 Å². The molecule has 5 heteroatoms. The van der Waals surface area contributed by atoms with E-state index in [0.717, 1.165) is 0 Å². The van der Waals surface area contributed by atoms with E-state index in [1.54, 1.807) is 12.1 Å². The molecule has 0 radical (unpaired) electrons. The minimum atomic E-state index is -1.43. The van der Waals surface area contributed by atoms with E-state index >= 15 is 0 Å². The van der Waals surface area contributed by atoms with Crippen LogP contribution in [0.4, 0.5) is 0 Å². The Kier molecular flexibility index (Phi) is 2.76. The summed E-state index contributed by atoms with van der Waals surface area (Å²) < 4.78 is 10.5. The summed E-state index contributed by atoms with van der Waals surface area (Å²) in [5, 5.41) is 11.9. The molecule has 0 spiro atoms. The molecule has 1 saturated heterocycles. The van der Waals surface area contributed by atoms with Crippen LogP contribution in [0.1, 0.15) is 5.56 Å². The maximum atomic E-state index is 8.27. The molecule has 0 unspecified atom stereocenters. The molecular weight excluding hydrogens is 188 g/mol. The molecule has 1 N–H and O–H groups in total. The van der Waals surface area contributed by atoms with Gasteiger partial charge < -0.3 is 9.47 Å². The molecule has 0 amide bonds. The van der Waals surface area contributed by atoms with Gasteiger partial charge in [0.05, 0.1) is 13.2 Å². The summed E-state index contributed by atoms with van der Waals surface area (Å²) in [5.74, 6) is -1.43. The Balaban J connectivity index is 2.27. The average molecular weight is 198 g/mol. The Morgan fingerprint density at radius 3 is 2.36 bits per heavy atom. The first kappa shape index (κ1) is 9.57. The van der Waals surface area contributed by atoms with Crippen molar-refractivity contribution in [1.82, 2.24) is 0 Å². The number of hydrogen-bond donors (Lipinski definition) is 1. The molecule has 1 fully saturated rings. The zero-order valence-corrected chi connectivity index (χ0v) is 7.38. The van der Waals surface area contributed by atoms with E-state index in [4.69, 9.17) is 14.7 Å². The van der Waals surface area contributed by atoms with Crippen molar-refractivity contribution < 1.29 is 24.7 Å². The zero-order valence-electron chi connectivity index (χ0n) is 7.38. The highest BCUT2D eigenvalue weighted by molar-refractivity contribution is 5.18. The van der Waals surface area contributed by atoms with E-state index in [9.17, 15) is 0 Å². The monoisotopic (exact) mass is 198 g/mol. The van der Waals surface area contributed by atoms with Gasteiger partial charge in [0, 0.05) is 5.56 Å². The largest absolute Gasteiger partial charge is 0.343 e. The van der Waals surface area contributed by atoms with Gasteiger partial charge >= 0.3 is 5.97 Å². The lowest BCUT2D eigenvalue weighted by molar-refractivity contribution is -0.594. The van der Waals surface area contributed by atoms with Crippen molar-refractivity contribution in [2.75, 3.05) is 13.2 Å². The second-order valence-electron chi connectivity index (χ2n) is 2.78. The predicted molar refractivity (Wildman–Crippen MR) is 44.8 cm³/mol. The Morgan fingerprint density at radius 1 is 1.14 bits per heavy atom. The van der Waals surface area contributed by atoms with Crippen LogP contribution >= 0.6 is 0 Å². The van der Waals surface area contributed by atoms with Crippen molar-refractivity contribution in [3.8, 4) is 0 Å². The molecule has 1 aromatic rings. The number of rotatable bonds is 3. The van der Waals surface area contributed by atoms with E-state index in [0.29, 0.717) is 18.8 Å². The molecule has 76 valence electrons. The van der Waals surface area contributed by atoms with Crippen molar-refractivity contribution in [1.29, 1.82) is 0 Å². The topological polar surface area (TPSA) is 57.2 Å². The van der Waals surface area contributed by atoms with Gasteiger partial charge in [-0.1, -0.05) is 35.4 Å². The first-order valence-corrected chi connectivity index (χ1v) is 4.20. The first-order chi connectivity index (χ1) is 6.87. The molecule has 1 aromatic carbocycles. The van der Waals surface area contributed by atoms with Gasteiger partial charge in [-0.05, 0) is 0 Å². The molecular formula is C9H10O5. The van der Waals surface area contributed by atoms with Gasteiger partial charge in [-0.3, -0.25) is 0 Å². The molecule has 0 bridgehead atoms. The Hall–Kier alpha value is -0.980. The summed E-state index contributed by atoms with van der Waals surface area (Å²) in [5.41, 5.74) is 0.631. The van der Waals surface area contributed by atoms with Crippen molar-refractivity contribution in [2.24, 2.45) is 0 Å². The third-order valence-corrected chi connectivity index (χ3v) is 1.94. The molecule has 1 heterocycles. The van der Waals surface area contributed by atoms with E-state index in [1.807, 2.05) is 18.2 Å². The van der Waals surface area contributed by atoms with Crippen molar-refractivity contribution in [3.05, 3.63) is 35.9 Å². The highest BCUT2D eigenvalue weighted by Crippen LogP contribution is 2.32. The lowest BCUT2D eigenvalue weighted by atomic mass is 10.2. The highest BCUT2D eigenvalue weighted by Gasteiger charge is 2.42. The standard InChI is InChI=1S/C9H10O5/c10-14-13-9(11-6-7-12-9)8-4-2-1-3-5-8/h1-5,10H,6-7H2. The lowest BCUT2D eigenvalue weighted by Crippen LogP contribution is -2.30. The van der Waals surface area contributed by atoms with Gasteiger partial charge in [0.1, 0.15) is 0 Å². The molecule has 0 saturated carbocycles. The van der Waals surface area contributed by atoms with Crippen LogP contribution in [-0.4, -0.2) is 18.5 Å². The third-order valence-electron chi connectivity index (χ3n) is 1.94.